The van der Waals surface area contributed by atoms with Gasteiger partial charge in [-0.3, -0.25) is 4.57 Å². The summed E-state index contributed by atoms with van der Waals surface area (Å²) in [6.45, 7) is 5.16. The molecule has 5 aromatic rings. The zero-order valence-electron chi connectivity index (χ0n) is 20.6. The molecule has 2 aromatic heterocycles. The fourth-order valence-corrected chi connectivity index (χ4v) is 4.31. The Morgan fingerprint density at radius 2 is 1.56 bits per heavy atom. The Kier molecular flexibility index (Phi) is 6.84. The van der Waals surface area contributed by atoms with Gasteiger partial charge in [0.25, 0.3) is 0 Å². The predicted octanol–water partition coefficient (Wildman–Crippen LogP) is 4.64. The topological polar surface area (TPSA) is 94.3 Å². The van der Waals surface area contributed by atoms with Crippen LogP contribution in [0, 0.1) is 6.92 Å². The van der Waals surface area contributed by atoms with E-state index in [4.69, 9.17) is 5.10 Å². The summed E-state index contributed by atoms with van der Waals surface area (Å²) in [6.07, 6.45) is 2.82. The maximum Gasteiger partial charge on any atom is 0.346 e. The smallest absolute Gasteiger partial charge is 0.274 e. The predicted molar refractivity (Wildman–Crippen MR) is 140 cm³/mol. The number of tetrazole rings is 1. The first-order chi connectivity index (χ1) is 17.6. The molecule has 0 bridgehead atoms. The maximum absolute atomic E-state index is 13.3. The Morgan fingerprint density at radius 1 is 0.861 bits per heavy atom. The van der Waals surface area contributed by atoms with E-state index in [-0.39, 0.29) is 5.69 Å². The van der Waals surface area contributed by atoms with Gasteiger partial charge in [0.1, 0.15) is 5.82 Å². The maximum atomic E-state index is 13.3. The quantitative estimate of drug-likeness (QED) is 0.332. The van der Waals surface area contributed by atoms with E-state index in [0.29, 0.717) is 18.9 Å². The van der Waals surface area contributed by atoms with Crippen molar-refractivity contribution in [1.29, 1.82) is 0 Å². The normalized spacial score (nSPS) is 11.2. The molecule has 0 atom stereocenters. The van der Waals surface area contributed by atoms with Crippen LogP contribution in [-0.4, -0.2) is 35.0 Å². The van der Waals surface area contributed by atoms with Crippen molar-refractivity contribution < 1.29 is 0 Å². The number of aromatic amines is 1. The molecular weight excluding hydrogens is 450 g/mol. The lowest BCUT2D eigenvalue weighted by atomic mass is 9.98. The van der Waals surface area contributed by atoms with Gasteiger partial charge in [0.05, 0.1) is 13.1 Å². The molecule has 8 heteroatoms. The molecule has 0 spiro atoms. The third-order valence-corrected chi connectivity index (χ3v) is 6.33. The molecule has 1 N–H and O–H groups in total. The third kappa shape index (κ3) is 5.02. The van der Waals surface area contributed by atoms with E-state index < -0.39 is 0 Å². The molecule has 182 valence electrons. The molecule has 3 aromatic carbocycles. The van der Waals surface area contributed by atoms with Crippen molar-refractivity contribution in [2.75, 3.05) is 0 Å². The van der Waals surface area contributed by atoms with Gasteiger partial charge >= 0.3 is 5.69 Å². The highest BCUT2D eigenvalue weighted by Gasteiger charge is 2.15. The Bertz CT molecular complexity index is 1480. The minimum absolute atomic E-state index is 0.0757. The van der Waals surface area contributed by atoms with Crippen LogP contribution in [0.3, 0.4) is 0 Å². The molecular formula is C28H29N7O. The van der Waals surface area contributed by atoms with Gasteiger partial charge in [-0.05, 0) is 40.8 Å². The molecule has 0 aliphatic rings. The van der Waals surface area contributed by atoms with Crippen LogP contribution in [0.1, 0.15) is 42.3 Å². The van der Waals surface area contributed by atoms with Crippen molar-refractivity contribution in [3.63, 3.8) is 0 Å². The summed E-state index contributed by atoms with van der Waals surface area (Å²) in [4.78, 5) is 13.3. The fourth-order valence-electron chi connectivity index (χ4n) is 4.31. The summed E-state index contributed by atoms with van der Waals surface area (Å²) in [6, 6.07) is 24.5. The summed E-state index contributed by atoms with van der Waals surface area (Å²) < 4.78 is 3.40. The van der Waals surface area contributed by atoms with Gasteiger partial charge in [-0.25, -0.2) is 9.48 Å². The van der Waals surface area contributed by atoms with Crippen molar-refractivity contribution in [2.45, 2.75) is 46.2 Å². The van der Waals surface area contributed by atoms with Gasteiger partial charge in [-0.2, -0.15) is 10.3 Å². The Hall–Kier alpha value is -4.33. The van der Waals surface area contributed by atoms with Crippen molar-refractivity contribution >= 4 is 0 Å². The molecule has 0 saturated heterocycles. The fraction of sp³-hybridized carbons (Fsp3) is 0.250. The van der Waals surface area contributed by atoms with Crippen LogP contribution >= 0.6 is 0 Å². The summed E-state index contributed by atoms with van der Waals surface area (Å²) >= 11 is 0. The average Bonchev–Trinajstić information content (AvgIpc) is 3.54. The molecule has 0 saturated carbocycles. The minimum atomic E-state index is -0.0757. The van der Waals surface area contributed by atoms with Crippen molar-refractivity contribution in [1.82, 2.24) is 35.0 Å². The molecule has 0 amide bonds. The third-order valence-electron chi connectivity index (χ3n) is 6.33. The standard InChI is InChI=1S/C28H29N7O/c1-3-4-9-26-31-35(19-22-12-10-20(2)11-13-22)28(36)34(26)18-21-14-16-23(17-15-21)24-7-5-6-8-25(24)27-29-32-33-30-27/h5-8,10-17H,3-4,9,18-19H2,1-2H3,(H,29,30,32,33). The van der Waals surface area contributed by atoms with E-state index in [1.54, 1.807) is 4.68 Å². The second kappa shape index (κ2) is 10.5. The molecule has 5 rings (SSSR count). The van der Waals surface area contributed by atoms with Gasteiger partial charge in [-0.1, -0.05) is 91.7 Å². The highest BCUT2D eigenvalue weighted by atomic mass is 16.2. The number of nitrogens with zero attached hydrogens (tertiary/aromatic N) is 6. The lowest BCUT2D eigenvalue weighted by Crippen LogP contribution is -2.26. The van der Waals surface area contributed by atoms with Crippen LogP contribution in [0.25, 0.3) is 22.5 Å². The van der Waals surface area contributed by atoms with E-state index in [2.05, 4.69) is 83.0 Å². The number of benzene rings is 3. The first kappa shape index (κ1) is 23.4. The largest absolute Gasteiger partial charge is 0.346 e. The highest BCUT2D eigenvalue weighted by Crippen LogP contribution is 2.29. The number of hydrogen-bond donors (Lipinski definition) is 1. The SMILES string of the molecule is CCCCc1nn(Cc2ccc(C)cc2)c(=O)n1Cc1ccc(-c2ccccc2-c2nn[nH]n2)cc1. The van der Waals surface area contributed by atoms with Gasteiger partial charge in [0.2, 0.25) is 5.82 Å². The number of aryl methyl sites for hydroxylation is 2. The molecule has 0 radical (unpaired) electrons. The van der Waals surface area contributed by atoms with Crippen molar-refractivity contribution in [2.24, 2.45) is 0 Å². The Balaban J connectivity index is 1.42. The lowest BCUT2D eigenvalue weighted by molar-refractivity contribution is 0.637. The van der Waals surface area contributed by atoms with E-state index in [9.17, 15) is 4.79 Å². The molecule has 2 heterocycles. The molecule has 8 nitrogen and oxygen atoms in total. The monoisotopic (exact) mass is 479 g/mol. The zero-order chi connectivity index (χ0) is 24.9. The van der Waals surface area contributed by atoms with Crippen LogP contribution in [0.2, 0.25) is 0 Å². The van der Waals surface area contributed by atoms with E-state index >= 15 is 0 Å². The molecule has 0 unspecified atom stereocenters. The van der Waals surface area contributed by atoms with Gasteiger partial charge in [0.15, 0.2) is 0 Å². The number of unbranched alkanes of at least 4 members (excludes halogenated alkanes) is 1. The van der Waals surface area contributed by atoms with Gasteiger partial charge in [0, 0.05) is 12.0 Å². The number of H-pyrrole nitrogens is 1. The first-order valence-corrected chi connectivity index (χ1v) is 12.3. The summed E-state index contributed by atoms with van der Waals surface area (Å²) in [7, 11) is 0. The van der Waals surface area contributed by atoms with Crippen LogP contribution in [0.5, 0.6) is 0 Å². The second-order valence-corrected chi connectivity index (χ2v) is 9.01. The molecule has 0 aliphatic heterocycles. The first-order valence-electron chi connectivity index (χ1n) is 12.3. The van der Waals surface area contributed by atoms with E-state index in [1.807, 2.05) is 28.8 Å². The van der Waals surface area contributed by atoms with Crippen molar-refractivity contribution in [3.8, 4) is 22.5 Å². The summed E-state index contributed by atoms with van der Waals surface area (Å²) in [5, 5.41) is 19.2. The molecule has 0 aliphatic carbocycles. The summed E-state index contributed by atoms with van der Waals surface area (Å²) in [5.41, 5.74) is 6.22. The van der Waals surface area contributed by atoms with Gasteiger partial charge < -0.3 is 0 Å². The van der Waals surface area contributed by atoms with E-state index in [0.717, 1.165) is 52.9 Å². The van der Waals surface area contributed by atoms with Crippen molar-refractivity contribution in [3.05, 3.63) is 106 Å². The number of rotatable bonds is 9. The highest BCUT2D eigenvalue weighted by molar-refractivity contribution is 5.80. The second-order valence-electron chi connectivity index (χ2n) is 9.01. The zero-order valence-corrected chi connectivity index (χ0v) is 20.6. The van der Waals surface area contributed by atoms with Crippen LogP contribution in [0.15, 0.2) is 77.6 Å². The summed E-state index contributed by atoms with van der Waals surface area (Å²) in [5.74, 6) is 1.39. The lowest BCUT2D eigenvalue weighted by Gasteiger charge is -2.09. The van der Waals surface area contributed by atoms with Crippen LogP contribution in [-0.2, 0) is 19.5 Å². The average molecular weight is 480 g/mol. The Morgan fingerprint density at radius 3 is 2.25 bits per heavy atom. The number of aromatic nitrogens is 7. The molecule has 0 fully saturated rings. The van der Waals surface area contributed by atoms with Gasteiger partial charge in [-0.15, -0.1) is 10.2 Å². The minimum Gasteiger partial charge on any atom is -0.274 e. The Labute approximate surface area is 209 Å². The van der Waals surface area contributed by atoms with Crippen LogP contribution in [0.4, 0.5) is 0 Å². The number of nitrogens with one attached hydrogen (secondary N) is 1. The van der Waals surface area contributed by atoms with E-state index in [1.165, 1.54) is 5.56 Å². The van der Waals surface area contributed by atoms with Crippen LogP contribution < -0.4 is 5.69 Å². The number of hydrogen-bond acceptors (Lipinski definition) is 5. The molecule has 36 heavy (non-hydrogen) atoms.